The van der Waals surface area contributed by atoms with Crippen molar-refractivity contribution in [1.29, 1.82) is 0 Å². The van der Waals surface area contributed by atoms with Crippen LogP contribution < -0.4 is 5.14 Å². The van der Waals surface area contributed by atoms with Crippen molar-refractivity contribution in [1.82, 2.24) is 9.80 Å². The molecule has 7 heteroatoms. The summed E-state index contributed by atoms with van der Waals surface area (Å²) in [7, 11) is 0.326. The quantitative estimate of drug-likeness (QED) is 0.732. The molecular weight excluding hydrogens is 254 g/mol. The number of sulfonamides is 1. The largest absolute Gasteiger partial charge is 0.341 e. The van der Waals surface area contributed by atoms with Crippen molar-refractivity contribution in [3.8, 4) is 0 Å². The van der Waals surface area contributed by atoms with E-state index in [1.807, 2.05) is 14.1 Å². The molecular formula is C11H23N3O3S. The Labute approximate surface area is 109 Å². The van der Waals surface area contributed by atoms with Crippen molar-refractivity contribution in [2.24, 2.45) is 10.6 Å². The maximum absolute atomic E-state index is 11.8. The summed E-state index contributed by atoms with van der Waals surface area (Å²) in [5.74, 6) is -0.124. The molecule has 18 heavy (non-hydrogen) atoms. The molecule has 0 aromatic heterocycles. The average Bonchev–Trinajstić information content (AvgIpc) is 2.43. The highest BCUT2D eigenvalue weighted by molar-refractivity contribution is 7.89. The van der Waals surface area contributed by atoms with Crippen LogP contribution in [0, 0.1) is 5.41 Å². The first-order chi connectivity index (χ1) is 8.01. The summed E-state index contributed by atoms with van der Waals surface area (Å²) in [4.78, 5) is 15.5. The second kappa shape index (κ2) is 5.14. The lowest BCUT2D eigenvalue weighted by molar-refractivity contribution is -0.129. The fourth-order valence-electron chi connectivity index (χ4n) is 2.53. The first-order valence-electron chi connectivity index (χ1n) is 5.95. The maximum atomic E-state index is 11.8. The van der Waals surface area contributed by atoms with Gasteiger partial charge >= 0.3 is 0 Å². The van der Waals surface area contributed by atoms with E-state index in [2.05, 4.69) is 18.7 Å². The summed E-state index contributed by atoms with van der Waals surface area (Å²) in [6, 6.07) is 0. The van der Waals surface area contributed by atoms with Gasteiger partial charge in [-0.3, -0.25) is 4.79 Å². The fourth-order valence-corrected chi connectivity index (χ4v) is 3.29. The van der Waals surface area contributed by atoms with Crippen LogP contribution in [-0.4, -0.2) is 63.1 Å². The molecule has 2 N–H and O–H groups in total. The first-order valence-corrected chi connectivity index (χ1v) is 7.56. The Morgan fingerprint density at radius 2 is 2.00 bits per heavy atom. The van der Waals surface area contributed by atoms with Crippen LogP contribution in [0.4, 0.5) is 0 Å². The highest BCUT2D eigenvalue weighted by Crippen LogP contribution is 2.23. The van der Waals surface area contributed by atoms with Gasteiger partial charge in [-0.1, -0.05) is 13.8 Å². The lowest BCUT2D eigenvalue weighted by atomic mass is 9.92. The monoisotopic (exact) mass is 277 g/mol. The number of rotatable bonds is 5. The summed E-state index contributed by atoms with van der Waals surface area (Å²) in [5, 5.41) is 4.34. The number of hydrogen-bond acceptors (Lipinski definition) is 4. The summed E-state index contributed by atoms with van der Waals surface area (Å²) < 4.78 is 22.5. The van der Waals surface area contributed by atoms with E-state index >= 15 is 0 Å². The van der Waals surface area contributed by atoms with Gasteiger partial charge in [0, 0.05) is 26.1 Å². The Kier molecular flexibility index (Phi) is 4.40. The number of hydrogen-bond donors (Lipinski definition) is 1. The van der Waals surface area contributed by atoms with Gasteiger partial charge in [-0.25, -0.2) is 13.6 Å². The molecule has 1 atom stereocenters. The molecule has 1 amide bonds. The van der Waals surface area contributed by atoms with E-state index in [4.69, 9.17) is 5.14 Å². The van der Waals surface area contributed by atoms with Crippen molar-refractivity contribution >= 4 is 15.9 Å². The van der Waals surface area contributed by atoms with Gasteiger partial charge in [-0.05, 0) is 19.5 Å². The Bertz CT molecular complexity index is 417. The third kappa shape index (κ3) is 4.22. The van der Waals surface area contributed by atoms with Crippen molar-refractivity contribution in [2.75, 3.05) is 33.7 Å². The van der Waals surface area contributed by atoms with Gasteiger partial charge in [-0.15, -0.1) is 0 Å². The molecule has 0 aromatic rings. The molecule has 1 rings (SSSR count). The Morgan fingerprint density at radius 1 is 1.44 bits per heavy atom. The van der Waals surface area contributed by atoms with Crippen molar-refractivity contribution in [2.45, 2.75) is 25.5 Å². The van der Waals surface area contributed by atoms with Gasteiger partial charge < -0.3 is 9.80 Å². The predicted octanol–water partition coefficient (Wildman–Crippen LogP) is -0.536. The number of primary sulfonamides is 1. The van der Waals surface area contributed by atoms with Crippen LogP contribution in [0.15, 0.2) is 0 Å². The topological polar surface area (TPSA) is 83.7 Å². The molecule has 0 aliphatic carbocycles. The van der Waals surface area contributed by atoms with E-state index in [0.717, 1.165) is 6.54 Å². The Hall–Kier alpha value is -0.660. The summed E-state index contributed by atoms with van der Waals surface area (Å²) in [6.07, 6.45) is 0.0108. The molecule has 6 nitrogen and oxygen atoms in total. The minimum Gasteiger partial charge on any atom is -0.341 e. The van der Waals surface area contributed by atoms with Crippen molar-refractivity contribution < 1.29 is 13.2 Å². The number of nitrogens with two attached hydrogens (primary N) is 1. The molecule has 0 radical (unpaired) electrons. The van der Waals surface area contributed by atoms with Gasteiger partial charge in [0.25, 0.3) is 0 Å². The lowest BCUT2D eigenvalue weighted by Crippen LogP contribution is -2.41. The number of amides is 1. The highest BCUT2D eigenvalue weighted by atomic mass is 32.2. The van der Waals surface area contributed by atoms with E-state index < -0.39 is 15.3 Å². The normalized spacial score (nSPS) is 22.0. The molecule has 0 bridgehead atoms. The number of carbonyl (C=O) groups is 1. The molecule has 0 spiro atoms. The van der Waals surface area contributed by atoms with E-state index in [1.165, 1.54) is 0 Å². The maximum Gasteiger partial charge on any atom is 0.224 e. The molecule has 1 unspecified atom stereocenters. The van der Waals surface area contributed by atoms with Crippen LogP contribution in [0.25, 0.3) is 0 Å². The van der Waals surface area contributed by atoms with Gasteiger partial charge in [0.15, 0.2) is 0 Å². The predicted molar refractivity (Wildman–Crippen MR) is 70.4 cm³/mol. The van der Waals surface area contributed by atoms with Gasteiger partial charge in [-0.2, -0.15) is 0 Å². The number of likely N-dealkylation sites (tertiary alicyclic amines) is 1. The van der Waals surface area contributed by atoms with Gasteiger partial charge in [0.2, 0.25) is 15.9 Å². The highest BCUT2D eigenvalue weighted by Gasteiger charge is 2.38. The zero-order valence-electron chi connectivity index (χ0n) is 11.5. The fraction of sp³-hybridized carbons (Fsp3) is 0.909. The zero-order chi connectivity index (χ0) is 14.1. The van der Waals surface area contributed by atoms with E-state index in [-0.39, 0.29) is 24.3 Å². The minimum absolute atomic E-state index is 0.0108. The van der Waals surface area contributed by atoms with Crippen molar-refractivity contribution in [3.05, 3.63) is 0 Å². The standard InChI is InChI=1S/C11H23N3O3S/c1-11(2,7-13(3)4)8-14-6-9(5-10(14)15)18(12,16)17/h9H,5-8H2,1-4H3,(H2,12,16,17). The summed E-state index contributed by atoms with van der Waals surface area (Å²) in [6.45, 7) is 5.72. The SMILES string of the molecule is CN(C)CC(C)(C)CN1CC(S(N)(=O)=O)CC1=O. The van der Waals surface area contributed by atoms with Crippen LogP contribution >= 0.6 is 0 Å². The smallest absolute Gasteiger partial charge is 0.224 e. The summed E-state index contributed by atoms with van der Waals surface area (Å²) >= 11 is 0. The molecule has 1 aliphatic rings. The van der Waals surface area contributed by atoms with Crippen LogP contribution in [-0.2, 0) is 14.8 Å². The zero-order valence-corrected chi connectivity index (χ0v) is 12.3. The molecule has 106 valence electrons. The van der Waals surface area contributed by atoms with Crippen LogP contribution in [0.5, 0.6) is 0 Å². The Morgan fingerprint density at radius 3 is 2.39 bits per heavy atom. The lowest BCUT2D eigenvalue weighted by Gasteiger charge is -2.32. The molecule has 1 heterocycles. The van der Waals surface area contributed by atoms with E-state index in [9.17, 15) is 13.2 Å². The molecule has 1 aliphatic heterocycles. The molecule has 0 aromatic carbocycles. The Balaban J connectivity index is 2.67. The number of nitrogens with zero attached hydrogens (tertiary/aromatic N) is 2. The molecule has 1 fully saturated rings. The summed E-state index contributed by atoms with van der Waals surface area (Å²) in [5.41, 5.74) is -0.0770. The third-order valence-corrected chi connectivity index (χ3v) is 4.25. The second-order valence-corrected chi connectivity index (χ2v) is 7.94. The molecule has 1 saturated heterocycles. The van der Waals surface area contributed by atoms with E-state index in [1.54, 1.807) is 4.90 Å². The third-order valence-electron chi connectivity index (χ3n) is 3.01. The first kappa shape index (κ1) is 15.4. The van der Waals surface area contributed by atoms with Crippen LogP contribution in [0.2, 0.25) is 0 Å². The van der Waals surface area contributed by atoms with Gasteiger partial charge in [0.05, 0.1) is 0 Å². The van der Waals surface area contributed by atoms with Gasteiger partial charge in [0.1, 0.15) is 5.25 Å². The average molecular weight is 277 g/mol. The minimum atomic E-state index is -3.62. The second-order valence-electron chi connectivity index (χ2n) is 6.09. The van der Waals surface area contributed by atoms with Crippen LogP contribution in [0.1, 0.15) is 20.3 Å². The van der Waals surface area contributed by atoms with E-state index in [0.29, 0.717) is 6.54 Å². The van der Waals surface area contributed by atoms with Crippen LogP contribution in [0.3, 0.4) is 0 Å². The van der Waals surface area contributed by atoms with Crippen molar-refractivity contribution in [3.63, 3.8) is 0 Å². The molecule has 0 saturated carbocycles. The number of carbonyl (C=O) groups excluding carboxylic acids is 1.